The third kappa shape index (κ3) is 1.72. The van der Waals surface area contributed by atoms with Crippen molar-refractivity contribution in [2.24, 2.45) is 5.73 Å². The first kappa shape index (κ1) is 12.7. The molecular weight excluding hydrogens is 245 g/mol. The van der Waals surface area contributed by atoms with Gasteiger partial charge in [-0.3, -0.25) is 0 Å². The van der Waals surface area contributed by atoms with E-state index >= 15 is 0 Å². The molecular formula is C12H13F3N2O. The highest BCUT2D eigenvalue weighted by Gasteiger charge is 2.62. The molecule has 1 heterocycles. The maximum atomic E-state index is 13.5. The largest absolute Gasteiger partial charge is 0.416 e. The van der Waals surface area contributed by atoms with Crippen molar-refractivity contribution in [3.05, 3.63) is 35.9 Å². The van der Waals surface area contributed by atoms with Gasteiger partial charge >= 0.3 is 12.2 Å². The zero-order chi connectivity index (χ0) is 13.4. The first-order valence-corrected chi connectivity index (χ1v) is 5.59. The van der Waals surface area contributed by atoms with Crippen molar-refractivity contribution in [2.45, 2.75) is 24.6 Å². The van der Waals surface area contributed by atoms with Crippen LogP contribution in [0.2, 0.25) is 0 Å². The second-order valence-electron chi connectivity index (χ2n) is 4.32. The summed E-state index contributed by atoms with van der Waals surface area (Å²) in [6.07, 6.45) is -4.40. The fraction of sp³-hybridized carbons (Fsp3) is 0.417. The lowest BCUT2D eigenvalue weighted by Gasteiger charge is -2.39. The average molecular weight is 258 g/mol. The van der Waals surface area contributed by atoms with Gasteiger partial charge in [-0.05, 0) is 18.4 Å². The number of carbonyl (C=O) groups is 1. The van der Waals surface area contributed by atoms with Gasteiger partial charge in [-0.25, -0.2) is 4.79 Å². The fourth-order valence-electron chi connectivity index (χ4n) is 2.59. The predicted octanol–water partition coefficient (Wildman–Crippen LogP) is 2.62. The monoisotopic (exact) mass is 258 g/mol. The number of carbonyl (C=O) groups excluding carboxylic acids is 1. The maximum Gasteiger partial charge on any atom is 0.416 e. The summed E-state index contributed by atoms with van der Waals surface area (Å²) in [6, 6.07) is 6.43. The van der Waals surface area contributed by atoms with Gasteiger partial charge in [0.15, 0.2) is 5.54 Å². The minimum atomic E-state index is -4.54. The summed E-state index contributed by atoms with van der Waals surface area (Å²) < 4.78 is 40.4. The Hall–Kier alpha value is -1.72. The van der Waals surface area contributed by atoms with Crippen molar-refractivity contribution >= 4 is 6.03 Å². The molecule has 1 aliphatic rings. The Kier molecular flexibility index (Phi) is 2.96. The van der Waals surface area contributed by atoms with Crippen LogP contribution in [0.3, 0.4) is 0 Å². The number of primary amides is 1. The molecule has 1 aromatic carbocycles. The van der Waals surface area contributed by atoms with Crippen LogP contribution in [0.4, 0.5) is 18.0 Å². The van der Waals surface area contributed by atoms with Crippen LogP contribution in [0, 0.1) is 0 Å². The molecule has 1 aliphatic heterocycles. The molecule has 0 aromatic heterocycles. The lowest BCUT2D eigenvalue weighted by atomic mass is 9.86. The zero-order valence-corrected chi connectivity index (χ0v) is 9.57. The summed E-state index contributed by atoms with van der Waals surface area (Å²) in [5.41, 5.74) is 2.88. The van der Waals surface area contributed by atoms with Crippen LogP contribution in [-0.2, 0) is 5.54 Å². The van der Waals surface area contributed by atoms with Gasteiger partial charge in [0.25, 0.3) is 0 Å². The first-order valence-electron chi connectivity index (χ1n) is 5.59. The summed E-state index contributed by atoms with van der Waals surface area (Å²) in [4.78, 5) is 12.0. The predicted molar refractivity (Wildman–Crippen MR) is 59.7 cm³/mol. The van der Waals surface area contributed by atoms with Gasteiger partial charge in [-0.2, -0.15) is 13.2 Å². The molecule has 1 fully saturated rings. The Labute approximate surface area is 102 Å². The van der Waals surface area contributed by atoms with Crippen molar-refractivity contribution in [3.8, 4) is 0 Å². The molecule has 1 atom stereocenters. The molecule has 0 radical (unpaired) electrons. The third-order valence-electron chi connectivity index (χ3n) is 3.37. The van der Waals surface area contributed by atoms with Crippen LogP contribution in [0.1, 0.15) is 18.4 Å². The van der Waals surface area contributed by atoms with Crippen LogP contribution >= 0.6 is 0 Å². The Bertz CT molecular complexity index is 446. The highest BCUT2D eigenvalue weighted by Crippen LogP contribution is 2.50. The van der Waals surface area contributed by atoms with Crippen LogP contribution in [0.25, 0.3) is 0 Å². The van der Waals surface area contributed by atoms with E-state index < -0.39 is 17.7 Å². The molecule has 18 heavy (non-hydrogen) atoms. The summed E-state index contributed by atoms with van der Waals surface area (Å²) in [5, 5.41) is 0. The number of alkyl halides is 3. The molecule has 0 saturated carbocycles. The molecule has 2 amide bonds. The topological polar surface area (TPSA) is 46.3 Å². The smallest absolute Gasteiger partial charge is 0.351 e. The molecule has 1 unspecified atom stereocenters. The van der Waals surface area contributed by atoms with Crippen LogP contribution in [0.15, 0.2) is 30.3 Å². The van der Waals surface area contributed by atoms with Crippen molar-refractivity contribution in [3.63, 3.8) is 0 Å². The first-order chi connectivity index (χ1) is 8.39. The van der Waals surface area contributed by atoms with Gasteiger partial charge in [0.05, 0.1) is 0 Å². The van der Waals surface area contributed by atoms with Crippen molar-refractivity contribution in [1.82, 2.24) is 4.90 Å². The second kappa shape index (κ2) is 4.19. The van der Waals surface area contributed by atoms with Gasteiger partial charge in [0.1, 0.15) is 0 Å². The molecule has 1 aromatic rings. The number of hydrogen-bond donors (Lipinski definition) is 1. The number of nitrogens with two attached hydrogens (primary N) is 1. The van der Waals surface area contributed by atoms with Crippen molar-refractivity contribution in [2.75, 3.05) is 6.54 Å². The summed E-state index contributed by atoms with van der Waals surface area (Å²) >= 11 is 0. The van der Waals surface area contributed by atoms with E-state index in [1.165, 1.54) is 24.3 Å². The van der Waals surface area contributed by atoms with E-state index in [-0.39, 0.29) is 24.9 Å². The van der Waals surface area contributed by atoms with Gasteiger partial charge < -0.3 is 10.6 Å². The lowest BCUT2D eigenvalue weighted by molar-refractivity contribution is -0.219. The number of nitrogens with zero attached hydrogens (tertiary/aromatic N) is 1. The summed E-state index contributed by atoms with van der Waals surface area (Å²) in [7, 11) is 0. The molecule has 0 bridgehead atoms. The summed E-state index contributed by atoms with van der Waals surface area (Å²) in [6.45, 7) is 0.0315. The van der Waals surface area contributed by atoms with E-state index in [0.717, 1.165) is 4.90 Å². The highest BCUT2D eigenvalue weighted by molar-refractivity contribution is 5.74. The number of amides is 2. The molecule has 2 rings (SSSR count). The Morgan fingerprint density at radius 2 is 1.89 bits per heavy atom. The number of rotatable bonds is 1. The number of hydrogen-bond acceptors (Lipinski definition) is 1. The van der Waals surface area contributed by atoms with Crippen LogP contribution < -0.4 is 5.73 Å². The van der Waals surface area contributed by atoms with Crippen molar-refractivity contribution in [1.29, 1.82) is 0 Å². The Morgan fingerprint density at radius 1 is 1.28 bits per heavy atom. The zero-order valence-electron chi connectivity index (χ0n) is 9.57. The second-order valence-corrected chi connectivity index (χ2v) is 4.32. The highest BCUT2D eigenvalue weighted by atomic mass is 19.4. The van der Waals surface area contributed by atoms with E-state index in [1.54, 1.807) is 6.07 Å². The van der Waals surface area contributed by atoms with Gasteiger partial charge in [0, 0.05) is 6.54 Å². The van der Waals surface area contributed by atoms with Crippen LogP contribution in [0.5, 0.6) is 0 Å². The molecule has 0 aliphatic carbocycles. The number of halogens is 3. The molecule has 2 N–H and O–H groups in total. The molecule has 3 nitrogen and oxygen atoms in total. The Balaban J connectivity index is 2.58. The van der Waals surface area contributed by atoms with Gasteiger partial charge in [-0.15, -0.1) is 0 Å². The molecule has 1 saturated heterocycles. The normalized spacial score (nSPS) is 24.3. The summed E-state index contributed by atoms with van der Waals surface area (Å²) in [5.74, 6) is 0. The van der Waals surface area contributed by atoms with E-state index in [1.807, 2.05) is 0 Å². The van der Waals surface area contributed by atoms with Gasteiger partial charge in [-0.1, -0.05) is 30.3 Å². The third-order valence-corrected chi connectivity index (χ3v) is 3.37. The number of urea groups is 1. The standard InChI is InChI=1S/C12H13F3N2O/c13-12(14,15)11(9-5-2-1-3-6-9)7-4-8-17(11)10(16)18/h1-3,5-6H,4,7-8H2,(H2,16,18). The molecule has 6 heteroatoms. The number of benzene rings is 1. The molecule has 0 spiro atoms. The minimum Gasteiger partial charge on any atom is -0.351 e. The molecule has 98 valence electrons. The van der Waals surface area contributed by atoms with E-state index in [2.05, 4.69) is 0 Å². The minimum absolute atomic E-state index is 0.0315. The lowest BCUT2D eigenvalue weighted by Crippen LogP contribution is -2.56. The van der Waals surface area contributed by atoms with E-state index in [9.17, 15) is 18.0 Å². The fourth-order valence-corrected chi connectivity index (χ4v) is 2.59. The van der Waals surface area contributed by atoms with Crippen LogP contribution in [-0.4, -0.2) is 23.7 Å². The average Bonchev–Trinajstić information content (AvgIpc) is 2.75. The quantitative estimate of drug-likeness (QED) is 0.827. The van der Waals surface area contributed by atoms with Gasteiger partial charge in [0.2, 0.25) is 0 Å². The van der Waals surface area contributed by atoms with Crippen molar-refractivity contribution < 1.29 is 18.0 Å². The maximum absolute atomic E-state index is 13.5. The van der Waals surface area contributed by atoms with E-state index in [0.29, 0.717) is 0 Å². The number of likely N-dealkylation sites (tertiary alicyclic amines) is 1. The SMILES string of the molecule is NC(=O)N1CCCC1(c1ccccc1)C(F)(F)F. The van der Waals surface area contributed by atoms with E-state index in [4.69, 9.17) is 5.73 Å². The Morgan fingerprint density at radius 3 is 2.39 bits per heavy atom.